The van der Waals surface area contributed by atoms with E-state index >= 15 is 0 Å². The highest BCUT2D eigenvalue weighted by atomic mass is 16.1. The lowest BCUT2D eigenvalue weighted by molar-refractivity contribution is 0.0995. The van der Waals surface area contributed by atoms with Crippen LogP contribution < -0.4 is 11.5 Å². The SMILES string of the molecule is CCc1nc(C(N)=O)cc(C)c1CCN. The number of aromatic nitrogens is 1. The minimum absolute atomic E-state index is 0.338. The number of pyridine rings is 1. The molecule has 0 saturated carbocycles. The van der Waals surface area contributed by atoms with Crippen LogP contribution in [0.5, 0.6) is 0 Å². The number of nitrogens with zero attached hydrogens (tertiary/aromatic N) is 1. The van der Waals surface area contributed by atoms with E-state index in [1.807, 2.05) is 13.8 Å². The summed E-state index contributed by atoms with van der Waals surface area (Å²) < 4.78 is 0. The van der Waals surface area contributed by atoms with E-state index in [0.717, 1.165) is 29.7 Å². The minimum Gasteiger partial charge on any atom is -0.364 e. The summed E-state index contributed by atoms with van der Waals surface area (Å²) in [7, 11) is 0. The standard InChI is InChI=1S/C11H17N3O/c1-3-9-8(4-5-12)7(2)6-10(14-9)11(13)15/h6H,3-5,12H2,1-2H3,(H2,13,15). The number of amides is 1. The molecule has 1 aromatic heterocycles. The summed E-state index contributed by atoms with van der Waals surface area (Å²) >= 11 is 0. The van der Waals surface area contributed by atoms with Crippen molar-refractivity contribution in [3.8, 4) is 0 Å². The zero-order chi connectivity index (χ0) is 11.4. The number of nitrogens with two attached hydrogens (primary N) is 2. The Morgan fingerprint density at radius 2 is 2.20 bits per heavy atom. The molecule has 1 rings (SSSR count). The van der Waals surface area contributed by atoms with Gasteiger partial charge in [0, 0.05) is 5.69 Å². The van der Waals surface area contributed by atoms with Gasteiger partial charge in [0.1, 0.15) is 5.69 Å². The maximum absolute atomic E-state index is 11.0. The highest BCUT2D eigenvalue weighted by Crippen LogP contribution is 2.15. The van der Waals surface area contributed by atoms with Gasteiger partial charge in [-0.15, -0.1) is 0 Å². The van der Waals surface area contributed by atoms with Crippen molar-refractivity contribution < 1.29 is 4.79 Å². The van der Waals surface area contributed by atoms with Gasteiger partial charge in [0.25, 0.3) is 5.91 Å². The third-order valence-electron chi connectivity index (χ3n) is 2.41. The zero-order valence-corrected chi connectivity index (χ0v) is 9.21. The smallest absolute Gasteiger partial charge is 0.267 e. The molecule has 0 aliphatic carbocycles. The second-order valence-corrected chi connectivity index (χ2v) is 3.51. The minimum atomic E-state index is -0.480. The monoisotopic (exact) mass is 207 g/mol. The quantitative estimate of drug-likeness (QED) is 0.756. The lowest BCUT2D eigenvalue weighted by Crippen LogP contribution is -2.16. The van der Waals surface area contributed by atoms with E-state index in [-0.39, 0.29) is 0 Å². The molecule has 0 radical (unpaired) electrons. The molecule has 4 heteroatoms. The molecule has 0 aliphatic heterocycles. The van der Waals surface area contributed by atoms with Crippen LogP contribution in [-0.2, 0) is 12.8 Å². The van der Waals surface area contributed by atoms with Gasteiger partial charge in [0.15, 0.2) is 0 Å². The van der Waals surface area contributed by atoms with Crippen molar-refractivity contribution in [2.24, 2.45) is 11.5 Å². The fraction of sp³-hybridized carbons (Fsp3) is 0.455. The molecule has 0 fully saturated rings. The summed E-state index contributed by atoms with van der Waals surface area (Å²) in [6.07, 6.45) is 1.58. The predicted octanol–water partition coefficient (Wildman–Crippen LogP) is 0.553. The van der Waals surface area contributed by atoms with Gasteiger partial charge in [-0.3, -0.25) is 4.79 Å². The lowest BCUT2D eigenvalue weighted by atomic mass is 10.0. The van der Waals surface area contributed by atoms with Crippen molar-refractivity contribution in [2.75, 3.05) is 6.54 Å². The number of carbonyl (C=O) groups is 1. The van der Waals surface area contributed by atoms with Crippen molar-refractivity contribution >= 4 is 5.91 Å². The fourth-order valence-electron chi connectivity index (χ4n) is 1.67. The topological polar surface area (TPSA) is 82.0 Å². The molecule has 0 aromatic carbocycles. The molecule has 1 aromatic rings. The molecule has 0 aliphatic rings. The Morgan fingerprint density at radius 3 is 2.67 bits per heavy atom. The van der Waals surface area contributed by atoms with Crippen LogP contribution in [0.3, 0.4) is 0 Å². The van der Waals surface area contributed by atoms with Crippen LogP contribution >= 0.6 is 0 Å². The van der Waals surface area contributed by atoms with Crippen LogP contribution in [0, 0.1) is 6.92 Å². The van der Waals surface area contributed by atoms with Crippen molar-refractivity contribution in [3.05, 3.63) is 28.6 Å². The van der Waals surface area contributed by atoms with Gasteiger partial charge in [-0.1, -0.05) is 6.92 Å². The third-order valence-corrected chi connectivity index (χ3v) is 2.41. The van der Waals surface area contributed by atoms with Crippen molar-refractivity contribution in [1.82, 2.24) is 4.98 Å². The highest BCUT2D eigenvalue weighted by Gasteiger charge is 2.10. The highest BCUT2D eigenvalue weighted by molar-refractivity contribution is 5.91. The third kappa shape index (κ3) is 2.53. The van der Waals surface area contributed by atoms with Crippen molar-refractivity contribution in [2.45, 2.75) is 26.7 Å². The maximum atomic E-state index is 11.0. The van der Waals surface area contributed by atoms with Gasteiger partial charge in [0.2, 0.25) is 0 Å². The second kappa shape index (κ2) is 4.89. The van der Waals surface area contributed by atoms with Gasteiger partial charge >= 0.3 is 0 Å². The number of aryl methyl sites for hydroxylation is 2. The van der Waals surface area contributed by atoms with Gasteiger partial charge in [0.05, 0.1) is 0 Å². The summed E-state index contributed by atoms with van der Waals surface area (Å²) in [6.45, 7) is 4.55. The molecule has 4 N–H and O–H groups in total. The van der Waals surface area contributed by atoms with E-state index in [1.165, 1.54) is 0 Å². The first-order valence-corrected chi connectivity index (χ1v) is 5.09. The van der Waals surface area contributed by atoms with Gasteiger partial charge in [-0.25, -0.2) is 4.98 Å². The maximum Gasteiger partial charge on any atom is 0.267 e. The van der Waals surface area contributed by atoms with Crippen LogP contribution in [-0.4, -0.2) is 17.4 Å². The van der Waals surface area contributed by atoms with Gasteiger partial charge < -0.3 is 11.5 Å². The lowest BCUT2D eigenvalue weighted by Gasteiger charge is -2.11. The first-order chi connectivity index (χ1) is 7.10. The van der Waals surface area contributed by atoms with E-state index in [0.29, 0.717) is 12.2 Å². The van der Waals surface area contributed by atoms with E-state index in [1.54, 1.807) is 6.07 Å². The number of primary amides is 1. The van der Waals surface area contributed by atoms with Crippen LogP contribution in [0.2, 0.25) is 0 Å². The van der Waals surface area contributed by atoms with Crippen LogP contribution in [0.25, 0.3) is 0 Å². The Balaban J connectivity index is 3.24. The molecule has 0 spiro atoms. The normalized spacial score (nSPS) is 10.3. The average Bonchev–Trinajstić information content (AvgIpc) is 2.20. The Morgan fingerprint density at radius 1 is 1.53 bits per heavy atom. The molecule has 15 heavy (non-hydrogen) atoms. The summed E-state index contributed by atoms with van der Waals surface area (Å²) in [6, 6.07) is 1.73. The fourth-order valence-corrected chi connectivity index (χ4v) is 1.67. The molecule has 0 atom stereocenters. The summed E-state index contributed by atoms with van der Waals surface area (Å²) in [4.78, 5) is 15.3. The van der Waals surface area contributed by atoms with Crippen molar-refractivity contribution in [1.29, 1.82) is 0 Å². The number of hydrogen-bond acceptors (Lipinski definition) is 3. The van der Waals surface area contributed by atoms with Crippen LogP contribution in [0.1, 0.15) is 34.2 Å². The number of hydrogen-bond donors (Lipinski definition) is 2. The Labute approximate surface area is 89.7 Å². The first-order valence-electron chi connectivity index (χ1n) is 5.09. The van der Waals surface area contributed by atoms with E-state index in [9.17, 15) is 4.79 Å². The molecular weight excluding hydrogens is 190 g/mol. The van der Waals surface area contributed by atoms with Crippen LogP contribution in [0.4, 0.5) is 0 Å². The van der Waals surface area contributed by atoms with Gasteiger partial charge in [-0.2, -0.15) is 0 Å². The Bertz CT molecular complexity index is 374. The molecule has 4 nitrogen and oxygen atoms in total. The summed E-state index contributed by atoms with van der Waals surface area (Å²) in [5.74, 6) is -0.480. The molecule has 0 bridgehead atoms. The van der Waals surface area contributed by atoms with Crippen LogP contribution in [0.15, 0.2) is 6.07 Å². The second-order valence-electron chi connectivity index (χ2n) is 3.51. The zero-order valence-electron chi connectivity index (χ0n) is 9.21. The van der Waals surface area contributed by atoms with Gasteiger partial charge in [-0.05, 0) is 43.5 Å². The number of rotatable bonds is 4. The molecule has 0 saturated heterocycles. The van der Waals surface area contributed by atoms with Crippen molar-refractivity contribution in [3.63, 3.8) is 0 Å². The summed E-state index contributed by atoms with van der Waals surface area (Å²) in [5.41, 5.74) is 14.2. The number of carbonyl (C=O) groups excluding carboxylic acids is 1. The molecule has 1 heterocycles. The largest absolute Gasteiger partial charge is 0.364 e. The Kier molecular flexibility index (Phi) is 3.80. The van der Waals surface area contributed by atoms with E-state index < -0.39 is 5.91 Å². The van der Waals surface area contributed by atoms with E-state index in [4.69, 9.17) is 11.5 Å². The first kappa shape index (κ1) is 11.7. The molecule has 1 amide bonds. The predicted molar refractivity (Wildman–Crippen MR) is 59.6 cm³/mol. The molecule has 0 unspecified atom stereocenters. The Hall–Kier alpha value is -1.42. The van der Waals surface area contributed by atoms with E-state index in [2.05, 4.69) is 4.98 Å². The molecular formula is C11H17N3O. The molecule has 82 valence electrons. The summed E-state index contributed by atoms with van der Waals surface area (Å²) in [5, 5.41) is 0. The average molecular weight is 207 g/mol.